The molecule has 0 aromatic heterocycles. The van der Waals surface area contributed by atoms with Crippen LogP contribution in [0.4, 0.5) is 4.39 Å². The normalized spacial score (nSPS) is 25.5. The average molecular weight is 479 g/mol. The van der Waals surface area contributed by atoms with Crippen LogP contribution in [0, 0.1) is 24.6 Å². The Morgan fingerprint density at radius 2 is 2.00 bits per heavy atom. The van der Waals surface area contributed by atoms with Crippen molar-refractivity contribution in [2.24, 2.45) is 11.8 Å². The Morgan fingerprint density at radius 1 is 1.21 bits per heavy atom. The summed E-state index contributed by atoms with van der Waals surface area (Å²) < 4.78 is 14.5. The molecule has 2 N–H and O–H groups in total. The number of carbonyl (C=O) groups excluding carboxylic acids is 2. The molecule has 4 atom stereocenters. The molecule has 2 aliphatic heterocycles. The number of benzene rings is 2. The predicted octanol–water partition coefficient (Wildman–Crippen LogP) is 4.81. The highest BCUT2D eigenvalue weighted by molar-refractivity contribution is 7.98. The van der Waals surface area contributed by atoms with Crippen molar-refractivity contribution in [1.29, 1.82) is 0 Å². The molecule has 2 aromatic carbocycles. The van der Waals surface area contributed by atoms with Crippen molar-refractivity contribution in [2.45, 2.75) is 42.6 Å². The maximum atomic E-state index is 14.5. The molecule has 1 saturated carbocycles. The van der Waals surface area contributed by atoms with Crippen LogP contribution >= 0.6 is 11.8 Å². The van der Waals surface area contributed by atoms with Gasteiger partial charge in [-0.05, 0) is 72.1 Å². The maximum absolute atomic E-state index is 14.5. The number of halogens is 1. The summed E-state index contributed by atoms with van der Waals surface area (Å²) in [6.07, 6.45) is 3.78. The van der Waals surface area contributed by atoms with Gasteiger partial charge >= 0.3 is 0 Å². The van der Waals surface area contributed by atoms with Crippen molar-refractivity contribution >= 4 is 23.5 Å². The lowest BCUT2D eigenvalue weighted by Crippen LogP contribution is -2.49. The Hall–Kier alpha value is -2.90. The Kier molecular flexibility index (Phi) is 6.08. The minimum Gasteiger partial charge on any atom is -0.504 e. The SMILES string of the molecule is C=CC(=O)/C(O)=C/C(=O)N1CC2CCC2[C@H]1N[C@@H]1c2ccccc2SCc2c1ccc(F)c2C. The molecule has 3 aliphatic rings. The second-order valence-corrected chi connectivity index (χ2v) is 10.2. The quantitative estimate of drug-likeness (QED) is 0.477. The van der Waals surface area contributed by atoms with Crippen LogP contribution in [0.5, 0.6) is 0 Å². The summed E-state index contributed by atoms with van der Waals surface area (Å²) in [5, 5.41) is 13.7. The van der Waals surface area contributed by atoms with Crippen molar-refractivity contribution < 1.29 is 19.1 Å². The fraction of sp³-hybridized carbons (Fsp3) is 0.333. The minimum atomic E-state index is -0.679. The third-order valence-corrected chi connectivity index (χ3v) is 8.56. The highest BCUT2D eigenvalue weighted by atomic mass is 32.2. The molecule has 1 saturated heterocycles. The number of aliphatic hydroxyl groups excluding tert-OH is 1. The van der Waals surface area contributed by atoms with Crippen LogP contribution in [0.15, 0.2) is 65.8 Å². The van der Waals surface area contributed by atoms with Crippen molar-refractivity contribution in [3.8, 4) is 0 Å². The van der Waals surface area contributed by atoms with E-state index in [2.05, 4.69) is 24.0 Å². The molecule has 1 aliphatic carbocycles. The number of aliphatic hydroxyl groups is 1. The van der Waals surface area contributed by atoms with Crippen LogP contribution < -0.4 is 5.32 Å². The highest BCUT2D eigenvalue weighted by Gasteiger charge is 2.49. The van der Waals surface area contributed by atoms with Gasteiger partial charge in [0.05, 0.1) is 12.2 Å². The number of nitrogens with one attached hydrogen (secondary N) is 1. The summed E-state index contributed by atoms with van der Waals surface area (Å²) in [5.74, 6) is -0.542. The van der Waals surface area contributed by atoms with Crippen LogP contribution in [-0.4, -0.2) is 34.4 Å². The number of thioether (sulfide) groups is 1. The third kappa shape index (κ3) is 3.87. The van der Waals surface area contributed by atoms with Gasteiger partial charge in [0.25, 0.3) is 5.91 Å². The van der Waals surface area contributed by atoms with Crippen molar-refractivity contribution in [3.05, 3.63) is 89.0 Å². The van der Waals surface area contributed by atoms with E-state index in [1.54, 1.807) is 16.7 Å². The predicted molar refractivity (Wildman–Crippen MR) is 130 cm³/mol. The van der Waals surface area contributed by atoms with Gasteiger partial charge < -0.3 is 10.0 Å². The van der Waals surface area contributed by atoms with E-state index < -0.39 is 17.4 Å². The summed E-state index contributed by atoms with van der Waals surface area (Å²) in [5.41, 5.74) is 3.76. The van der Waals surface area contributed by atoms with Gasteiger partial charge in [-0.2, -0.15) is 0 Å². The number of ketones is 1. The third-order valence-electron chi connectivity index (χ3n) is 7.45. The smallest absolute Gasteiger partial charge is 0.251 e. The van der Waals surface area contributed by atoms with E-state index in [4.69, 9.17) is 0 Å². The molecule has 0 bridgehead atoms. The highest BCUT2D eigenvalue weighted by Crippen LogP contribution is 2.47. The summed E-state index contributed by atoms with van der Waals surface area (Å²) in [6, 6.07) is 11.3. The Balaban J connectivity index is 1.53. The molecule has 0 radical (unpaired) electrons. The molecule has 1 amide bonds. The number of hydrogen-bond acceptors (Lipinski definition) is 5. The summed E-state index contributed by atoms with van der Waals surface area (Å²) in [4.78, 5) is 27.7. The lowest BCUT2D eigenvalue weighted by atomic mass is 9.74. The number of carbonyl (C=O) groups is 2. The number of likely N-dealkylation sites (tertiary alicyclic amines) is 1. The van der Waals surface area contributed by atoms with Gasteiger partial charge in [-0.1, -0.05) is 30.8 Å². The van der Waals surface area contributed by atoms with Crippen LogP contribution in [-0.2, 0) is 15.3 Å². The van der Waals surface area contributed by atoms with Gasteiger partial charge in [0.2, 0.25) is 5.78 Å². The molecular formula is C27H27FN2O3S. The Morgan fingerprint density at radius 3 is 2.74 bits per heavy atom. The zero-order valence-corrected chi connectivity index (χ0v) is 19.8. The van der Waals surface area contributed by atoms with Crippen LogP contribution in [0.2, 0.25) is 0 Å². The molecule has 2 fully saturated rings. The second-order valence-electron chi connectivity index (χ2n) is 9.20. The van der Waals surface area contributed by atoms with Gasteiger partial charge in [-0.25, -0.2) is 4.39 Å². The first-order chi connectivity index (χ1) is 16.4. The molecule has 2 unspecified atom stereocenters. The second kappa shape index (κ2) is 9.04. The molecule has 2 aromatic rings. The average Bonchev–Trinajstić information content (AvgIpc) is 2.96. The Bertz CT molecular complexity index is 1210. The molecule has 7 heteroatoms. The number of nitrogens with zero attached hydrogens (tertiary/aromatic N) is 1. The van der Waals surface area contributed by atoms with Crippen LogP contribution in [0.3, 0.4) is 0 Å². The fourth-order valence-electron chi connectivity index (χ4n) is 5.38. The summed E-state index contributed by atoms with van der Waals surface area (Å²) in [7, 11) is 0. The number of hydrogen-bond donors (Lipinski definition) is 2. The van der Waals surface area contributed by atoms with Crippen molar-refractivity contribution in [3.63, 3.8) is 0 Å². The first-order valence-corrected chi connectivity index (χ1v) is 12.5. The first-order valence-electron chi connectivity index (χ1n) is 11.5. The molecule has 176 valence electrons. The standard InChI is InChI=1S/C27H27FN2O3S/c1-3-22(31)23(32)12-25(33)30-13-16-8-9-17(16)27(30)29-26-18-10-11-21(28)15(2)20(18)14-34-24-7-5-4-6-19(24)26/h3-7,10-12,16-17,26-27,29,32H,1,8-9,13-14H2,2H3/b23-12-/t16?,17?,26-,27-/m0/s1. The van der Waals surface area contributed by atoms with Crippen molar-refractivity contribution in [1.82, 2.24) is 10.2 Å². The van der Waals surface area contributed by atoms with E-state index in [1.165, 1.54) is 6.07 Å². The zero-order valence-electron chi connectivity index (χ0n) is 19.0. The van der Waals surface area contributed by atoms with Gasteiger partial charge in [0, 0.05) is 23.3 Å². The maximum Gasteiger partial charge on any atom is 0.251 e. The lowest BCUT2D eigenvalue weighted by Gasteiger charge is -2.37. The largest absolute Gasteiger partial charge is 0.504 e. The number of rotatable bonds is 5. The van der Waals surface area contributed by atoms with Crippen LogP contribution in [0.25, 0.3) is 0 Å². The van der Waals surface area contributed by atoms with Gasteiger partial charge in [-0.3, -0.25) is 14.9 Å². The van der Waals surface area contributed by atoms with Crippen molar-refractivity contribution in [2.75, 3.05) is 6.54 Å². The number of fused-ring (bicyclic) bond motifs is 3. The topological polar surface area (TPSA) is 69.6 Å². The van der Waals surface area contributed by atoms with E-state index in [9.17, 15) is 19.1 Å². The molecule has 5 rings (SSSR count). The van der Waals surface area contributed by atoms with E-state index in [1.807, 2.05) is 25.1 Å². The number of allylic oxidation sites excluding steroid dienone is 1. The fourth-order valence-corrected chi connectivity index (χ4v) is 6.59. The van der Waals surface area contributed by atoms with E-state index in [0.717, 1.165) is 46.6 Å². The van der Waals surface area contributed by atoms with Gasteiger partial charge in [0.1, 0.15) is 5.82 Å². The number of amides is 1. The van der Waals surface area contributed by atoms with E-state index >= 15 is 0 Å². The minimum absolute atomic E-state index is 0.215. The zero-order chi connectivity index (χ0) is 24.0. The lowest BCUT2D eigenvalue weighted by molar-refractivity contribution is -0.128. The summed E-state index contributed by atoms with van der Waals surface area (Å²) in [6.45, 7) is 5.76. The molecular weight excluding hydrogens is 451 g/mol. The van der Waals surface area contributed by atoms with Gasteiger partial charge in [-0.15, -0.1) is 11.8 Å². The molecule has 2 heterocycles. The Labute approximate surface area is 202 Å². The first kappa shape index (κ1) is 22.9. The molecule has 5 nitrogen and oxygen atoms in total. The van der Waals surface area contributed by atoms with Gasteiger partial charge in [0.15, 0.2) is 5.76 Å². The van der Waals surface area contributed by atoms with E-state index in [0.29, 0.717) is 29.7 Å². The monoisotopic (exact) mass is 478 g/mol. The molecule has 34 heavy (non-hydrogen) atoms. The van der Waals surface area contributed by atoms with E-state index in [-0.39, 0.29) is 18.0 Å². The summed E-state index contributed by atoms with van der Waals surface area (Å²) >= 11 is 1.70. The van der Waals surface area contributed by atoms with Crippen LogP contribution in [0.1, 0.15) is 41.1 Å². The molecule has 0 spiro atoms.